The highest BCUT2D eigenvalue weighted by Crippen LogP contribution is 2.25. The first-order valence-electron chi connectivity index (χ1n) is 7.11. The molecule has 21 heavy (non-hydrogen) atoms. The first kappa shape index (κ1) is 14.2. The minimum Gasteiger partial charge on any atom is -0.338 e. The highest BCUT2D eigenvalue weighted by molar-refractivity contribution is 7.16. The van der Waals surface area contributed by atoms with E-state index in [9.17, 15) is 4.79 Å². The van der Waals surface area contributed by atoms with Crippen LogP contribution >= 0.6 is 11.3 Å². The number of amides is 1. The van der Waals surface area contributed by atoms with E-state index in [0.717, 1.165) is 36.6 Å². The van der Waals surface area contributed by atoms with Gasteiger partial charge in [0.15, 0.2) is 0 Å². The summed E-state index contributed by atoms with van der Waals surface area (Å²) in [5.74, 6) is 0.0873. The molecule has 5 nitrogen and oxygen atoms in total. The lowest BCUT2D eigenvalue weighted by Crippen LogP contribution is -2.43. The summed E-state index contributed by atoms with van der Waals surface area (Å²) in [6.45, 7) is 1.61. The minimum absolute atomic E-state index is 0.0873. The largest absolute Gasteiger partial charge is 0.338 e. The quantitative estimate of drug-likeness (QED) is 0.942. The maximum atomic E-state index is 12.5. The first-order chi connectivity index (χ1) is 10.3. The van der Waals surface area contributed by atoms with Gasteiger partial charge in [-0.3, -0.25) is 9.78 Å². The molecule has 2 aromatic heterocycles. The molecule has 0 aliphatic carbocycles. The third-order valence-corrected chi connectivity index (χ3v) is 4.80. The van der Waals surface area contributed by atoms with Crippen molar-refractivity contribution >= 4 is 17.2 Å². The van der Waals surface area contributed by atoms with E-state index in [0.29, 0.717) is 10.9 Å². The van der Waals surface area contributed by atoms with Crippen molar-refractivity contribution in [1.82, 2.24) is 20.2 Å². The van der Waals surface area contributed by atoms with Gasteiger partial charge in [0.1, 0.15) is 9.88 Å². The molecule has 6 heteroatoms. The fraction of sp³-hybridized carbons (Fsp3) is 0.400. The molecule has 0 bridgehead atoms. The van der Waals surface area contributed by atoms with Crippen LogP contribution in [0.5, 0.6) is 0 Å². The van der Waals surface area contributed by atoms with Crippen LogP contribution in [0.3, 0.4) is 0 Å². The van der Waals surface area contributed by atoms with E-state index in [1.165, 1.54) is 11.3 Å². The Morgan fingerprint density at radius 1 is 1.33 bits per heavy atom. The van der Waals surface area contributed by atoms with Crippen LogP contribution in [0.1, 0.15) is 22.5 Å². The number of hydrogen-bond acceptors (Lipinski definition) is 5. The molecule has 0 radical (unpaired) electrons. The van der Waals surface area contributed by atoms with Gasteiger partial charge in [-0.15, -0.1) is 11.3 Å². The number of carbonyl (C=O) groups is 1. The van der Waals surface area contributed by atoms with E-state index in [1.54, 1.807) is 12.4 Å². The Kier molecular flexibility index (Phi) is 4.26. The second-order valence-electron chi connectivity index (χ2n) is 5.10. The van der Waals surface area contributed by atoms with E-state index >= 15 is 0 Å². The second kappa shape index (κ2) is 6.32. The van der Waals surface area contributed by atoms with Gasteiger partial charge in [-0.1, -0.05) is 6.07 Å². The summed E-state index contributed by atoms with van der Waals surface area (Å²) in [6, 6.07) is 6.23. The zero-order chi connectivity index (χ0) is 14.7. The average Bonchev–Trinajstić information content (AvgIpc) is 3.05. The van der Waals surface area contributed by atoms with E-state index in [-0.39, 0.29) is 5.91 Å². The summed E-state index contributed by atoms with van der Waals surface area (Å²) < 4.78 is 0. The lowest BCUT2D eigenvalue weighted by molar-refractivity contribution is 0.0712. The number of piperidine rings is 1. The molecule has 1 amide bonds. The zero-order valence-electron chi connectivity index (χ0n) is 12.0. The minimum atomic E-state index is 0.0873. The number of nitrogens with one attached hydrogen (secondary N) is 1. The van der Waals surface area contributed by atoms with Crippen molar-refractivity contribution in [3.63, 3.8) is 0 Å². The van der Waals surface area contributed by atoms with Crippen molar-refractivity contribution < 1.29 is 4.79 Å². The summed E-state index contributed by atoms with van der Waals surface area (Å²) in [5, 5.41) is 4.07. The molecule has 0 unspecified atom stereocenters. The molecule has 110 valence electrons. The normalized spacial score (nSPS) is 16.1. The molecule has 1 N–H and O–H groups in total. The molecule has 1 saturated heterocycles. The van der Waals surface area contributed by atoms with Crippen molar-refractivity contribution in [2.24, 2.45) is 0 Å². The van der Waals surface area contributed by atoms with Gasteiger partial charge in [0.25, 0.3) is 5.91 Å². The summed E-state index contributed by atoms with van der Waals surface area (Å²) >= 11 is 1.41. The molecular weight excluding hydrogens is 284 g/mol. The third kappa shape index (κ3) is 3.11. The summed E-state index contributed by atoms with van der Waals surface area (Å²) in [7, 11) is 1.98. The number of hydrogen-bond donors (Lipinski definition) is 1. The summed E-state index contributed by atoms with van der Waals surface area (Å²) in [4.78, 5) is 23.7. The number of carbonyl (C=O) groups excluding carboxylic acids is 1. The van der Waals surface area contributed by atoms with Crippen molar-refractivity contribution in [3.8, 4) is 10.7 Å². The first-order valence-corrected chi connectivity index (χ1v) is 7.93. The second-order valence-corrected chi connectivity index (χ2v) is 6.13. The van der Waals surface area contributed by atoms with Crippen LogP contribution in [0.2, 0.25) is 0 Å². The van der Waals surface area contributed by atoms with E-state index in [1.807, 2.05) is 30.1 Å². The molecule has 1 fully saturated rings. The monoisotopic (exact) mass is 302 g/mol. The maximum absolute atomic E-state index is 12.5. The number of pyridine rings is 1. The number of rotatable bonds is 3. The topological polar surface area (TPSA) is 58.1 Å². The van der Waals surface area contributed by atoms with E-state index < -0.39 is 0 Å². The van der Waals surface area contributed by atoms with Gasteiger partial charge in [-0.05, 0) is 32.0 Å². The molecule has 0 spiro atoms. The molecule has 0 saturated carbocycles. The Bertz CT molecular complexity index is 605. The molecule has 3 heterocycles. The Labute approximate surface area is 128 Å². The van der Waals surface area contributed by atoms with E-state index in [2.05, 4.69) is 15.3 Å². The van der Waals surface area contributed by atoms with Crippen LogP contribution in [-0.2, 0) is 0 Å². The average molecular weight is 302 g/mol. The summed E-state index contributed by atoms with van der Waals surface area (Å²) in [6.07, 6.45) is 5.42. The van der Waals surface area contributed by atoms with Gasteiger partial charge >= 0.3 is 0 Å². The fourth-order valence-electron chi connectivity index (χ4n) is 2.51. The predicted octanol–water partition coefficient (Wildman–Crippen LogP) is 2.03. The lowest BCUT2D eigenvalue weighted by atomic mass is 10.1. The Balaban J connectivity index is 1.70. The van der Waals surface area contributed by atoms with Crippen molar-refractivity contribution in [1.29, 1.82) is 0 Å². The molecule has 2 aromatic rings. The molecule has 3 rings (SSSR count). The molecule has 1 aliphatic rings. The van der Waals surface area contributed by atoms with E-state index in [4.69, 9.17) is 0 Å². The zero-order valence-corrected chi connectivity index (χ0v) is 12.8. The number of likely N-dealkylation sites (tertiary alicyclic amines) is 1. The van der Waals surface area contributed by atoms with Gasteiger partial charge in [0.2, 0.25) is 0 Å². The van der Waals surface area contributed by atoms with Crippen LogP contribution in [0.4, 0.5) is 0 Å². The standard InChI is InChI=1S/C15H18N4OS/c1-16-11-5-8-19(9-6-11)15(20)13-10-18-14(21-13)12-4-2-3-7-17-12/h2-4,7,10-11,16H,5-6,8-9H2,1H3. The van der Waals surface area contributed by atoms with Gasteiger partial charge in [-0.2, -0.15) is 0 Å². The van der Waals surface area contributed by atoms with Crippen molar-refractivity contribution in [2.45, 2.75) is 18.9 Å². The SMILES string of the molecule is CNC1CCN(C(=O)c2cnc(-c3ccccn3)s2)CC1. The lowest BCUT2D eigenvalue weighted by Gasteiger charge is -2.31. The Hall–Kier alpha value is -1.79. The number of aromatic nitrogens is 2. The van der Waals surface area contributed by atoms with Gasteiger partial charge < -0.3 is 10.2 Å². The van der Waals surface area contributed by atoms with Crippen LogP contribution in [-0.4, -0.2) is 47.0 Å². The van der Waals surface area contributed by atoms with Crippen LogP contribution < -0.4 is 5.32 Å². The number of nitrogens with zero attached hydrogens (tertiary/aromatic N) is 3. The van der Waals surface area contributed by atoms with Crippen LogP contribution in [0, 0.1) is 0 Å². The van der Waals surface area contributed by atoms with Gasteiger partial charge in [0.05, 0.1) is 11.9 Å². The molecule has 0 aromatic carbocycles. The Morgan fingerprint density at radius 3 is 2.81 bits per heavy atom. The molecule has 0 atom stereocenters. The molecule has 1 aliphatic heterocycles. The van der Waals surface area contributed by atoms with Crippen molar-refractivity contribution in [3.05, 3.63) is 35.5 Å². The Morgan fingerprint density at radius 2 is 2.14 bits per heavy atom. The predicted molar refractivity (Wildman–Crippen MR) is 83.3 cm³/mol. The van der Waals surface area contributed by atoms with Crippen LogP contribution in [0.15, 0.2) is 30.6 Å². The van der Waals surface area contributed by atoms with Crippen LogP contribution in [0.25, 0.3) is 10.7 Å². The highest BCUT2D eigenvalue weighted by atomic mass is 32.1. The number of thiazole rings is 1. The molecular formula is C15H18N4OS. The van der Waals surface area contributed by atoms with Crippen molar-refractivity contribution in [2.75, 3.05) is 20.1 Å². The highest BCUT2D eigenvalue weighted by Gasteiger charge is 2.24. The van der Waals surface area contributed by atoms with Gasteiger partial charge in [-0.25, -0.2) is 4.98 Å². The maximum Gasteiger partial charge on any atom is 0.265 e. The smallest absolute Gasteiger partial charge is 0.265 e. The third-order valence-electron chi connectivity index (χ3n) is 3.79. The summed E-state index contributed by atoms with van der Waals surface area (Å²) in [5.41, 5.74) is 0.815. The fourth-order valence-corrected chi connectivity index (χ4v) is 3.37. The van der Waals surface area contributed by atoms with Gasteiger partial charge in [0, 0.05) is 25.3 Å².